The Kier molecular flexibility index (Phi) is 2.56. The predicted octanol–water partition coefficient (Wildman–Crippen LogP) is 2.45. The van der Waals surface area contributed by atoms with Crippen LogP contribution < -0.4 is 5.32 Å². The number of nitrogens with one attached hydrogen (secondary N) is 1. The van der Waals surface area contributed by atoms with Crippen molar-refractivity contribution in [1.29, 1.82) is 0 Å². The van der Waals surface area contributed by atoms with E-state index >= 15 is 0 Å². The van der Waals surface area contributed by atoms with E-state index in [2.05, 4.69) is 17.2 Å². The van der Waals surface area contributed by atoms with E-state index in [4.69, 9.17) is 0 Å². The molecule has 12 heavy (non-hydrogen) atoms. The summed E-state index contributed by atoms with van der Waals surface area (Å²) in [5, 5.41) is 7.32. The summed E-state index contributed by atoms with van der Waals surface area (Å²) in [6.07, 6.45) is 3.11. The molecule has 4 heteroatoms. The highest BCUT2D eigenvalue weighted by Gasteiger charge is 2.21. The minimum atomic E-state index is 0.635. The molecule has 0 saturated carbocycles. The lowest BCUT2D eigenvalue weighted by atomic mass is 10.2. The average Bonchev–Trinajstić information content (AvgIpc) is 2.63. The SMILES string of the molecule is CC1CC(Nc2nccs2)CS1. The summed E-state index contributed by atoms with van der Waals surface area (Å²) in [6.45, 7) is 2.29. The van der Waals surface area contributed by atoms with E-state index in [1.807, 2.05) is 23.3 Å². The first-order valence-electron chi connectivity index (χ1n) is 4.12. The van der Waals surface area contributed by atoms with Gasteiger partial charge in [0.05, 0.1) is 0 Å². The first-order valence-corrected chi connectivity index (χ1v) is 6.05. The third-order valence-electron chi connectivity index (χ3n) is 1.96. The first kappa shape index (κ1) is 8.38. The Bertz CT molecular complexity index is 235. The monoisotopic (exact) mass is 200 g/mol. The van der Waals surface area contributed by atoms with Crippen molar-refractivity contribution < 1.29 is 0 Å². The Morgan fingerprint density at radius 1 is 1.67 bits per heavy atom. The minimum Gasteiger partial charge on any atom is -0.358 e. The number of thioether (sulfide) groups is 1. The molecule has 2 rings (SSSR count). The molecule has 0 amide bonds. The van der Waals surface area contributed by atoms with Crippen LogP contribution in [0.15, 0.2) is 11.6 Å². The van der Waals surface area contributed by atoms with Gasteiger partial charge in [0.1, 0.15) is 0 Å². The largest absolute Gasteiger partial charge is 0.358 e. The molecular weight excluding hydrogens is 188 g/mol. The summed E-state index contributed by atoms with van der Waals surface area (Å²) in [7, 11) is 0. The predicted molar refractivity (Wildman–Crippen MR) is 56.1 cm³/mol. The van der Waals surface area contributed by atoms with Gasteiger partial charge in [0.2, 0.25) is 0 Å². The molecule has 1 aliphatic heterocycles. The lowest BCUT2D eigenvalue weighted by molar-refractivity contribution is 0.746. The smallest absolute Gasteiger partial charge is 0.182 e. The van der Waals surface area contributed by atoms with Crippen molar-refractivity contribution in [3.63, 3.8) is 0 Å². The van der Waals surface area contributed by atoms with Gasteiger partial charge in [0, 0.05) is 28.6 Å². The molecule has 0 aromatic carbocycles. The normalized spacial score (nSPS) is 29.1. The van der Waals surface area contributed by atoms with Crippen molar-refractivity contribution in [3.05, 3.63) is 11.6 Å². The summed E-state index contributed by atoms with van der Waals surface area (Å²) in [4.78, 5) is 4.20. The molecule has 1 N–H and O–H groups in total. The van der Waals surface area contributed by atoms with Crippen LogP contribution in [0.5, 0.6) is 0 Å². The second-order valence-corrected chi connectivity index (χ2v) is 5.42. The van der Waals surface area contributed by atoms with Gasteiger partial charge in [-0.15, -0.1) is 11.3 Å². The molecule has 0 bridgehead atoms. The lowest BCUT2D eigenvalue weighted by Gasteiger charge is -2.08. The molecule has 66 valence electrons. The van der Waals surface area contributed by atoms with E-state index in [1.165, 1.54) is 12.2 Å². The molecule has 0 radical (unpaired) electrons. The maximum atomic E-state index is 4.20. The van der Waals surface area contributed by atoms with Crippen molar-refractivity contribution in [3.8, 4) is 0 Å². The number of anilines is 1. The molecule has 0 spiro atoms. The second kappa shape index (κ2) is 3.66. The van der Waals surface area contributed by atoms with E-state index in [9.17, 15) is 0 Å². The van der Waals surface area contributed by atoms with Gasteiger partial charge < -0.3 is 5.32 Å². The van der Waals surface area contributed by atoms with Crippen LogP contribution >= 0.6 is 23.1 Å². The number of hydrogen-bond acceptors (Lipinski definition) is 4. The van der Waals surface area contributed by atoms with Crippen molar-refractivity contribution >= 4 is 28.2 Å². The zero-order valence-corrected chi connectivity index (χ0v) is 8.62. The number of rotatable bonds is 2. The van der Waals surface area contributed by atoms with Crippen LogP contribution in [0.25, 0.3) is 0 Å². The minimum absolute atomic E-state index is 0.635. The Morgan fingerprint density at radius 2 is 2.58 bits per heavy atom. The zero-order valence-electron chi connectivity index (χ0n) is 6.99. The van der Waals surface area contributed by atoms with E-state index < -0.39 is 0 Å². The third kappa shape index (κ3) is 1.93. The van der Waals surface area contributed by atoms with Crippen LogP contribution in [-0.4, -0.2) is 22.0 Å². The van der Waals surface area contributed by atoms with Gasteiger partial charge in [-0.1, -0.05) is 6.92 Å². The number of nitrogens with zero attached hydrogens (tertiary/aromatic N) is 1. The summed E-state index contributed by atoms with van der Waals surface area (Å²) in [5.74, 6) is 1.22. The van der Waals surface area contributed by atoms with Crippen LogP contribution in [0.4, 0.5) is 5.13 Å². The molecule has 1 aliphatic rings. The summed E-state index contributed by atoms with van der Waals surface area (Å²) in [6, 6.07) is 0.635. The number of aromatic nitrogens is 1. The fourth-order valence-corrected chi connectivity index (χ4v) is 3.14. The van der Waals surface area contributed by atoms with Gasteiger partial charge in [0.15, 0.2) is 5.13 Å². The maximum absolute atomic E-state index is 4.20. The highest BCUT2D eigenvalue weighted by Crippen LogP contribution is 2.28. The van der Waals surface area contributed by atoms with Crippen LogP contribution in [-0.2, 0) is 0 Å². The number of hydrogen-bond donors (Lipinski definition) is 1. The quantitative estimate of drug-likeness (QED) is 0.793. The van der Waals surface area contributed by atoms with E-state index in [1.54, 1.807) is 11.3 Å². The molecule has 1 saturated heterocycles. The fraction of sp³-hybridized carbons (Fsp3) is 0.625. The molecule has 0 aliphatic carbocycles. The van der Waals surface area contributed by atoms with Crippen LogP contribution in [0.2, 0.25) is 0 Å². The summed E-state index contributed by atoms with van der Waals surface area (Å²) in [5.41, 5.74) is 0. The zero-order chi connectivity index (χ0) is 8.39. The third-order valence-corrected chi connectivity index (χ3v) is 4.02. The van der Waals surface area contributed by atoms with E-state index in [0.29, 0.717) is 6.04 Å². The standard InChI is InChI=1S/C8H12N2S2/c1-6-4-7(5-12-6)10-8-9-2-3-11-8/h2-3,6-7H,4-5H2,1H3,(H,9,10). The molecule has 1 aromatic heterocycles. The topological polar surface area (TPSA) is 24.9 Å². The maximum Gasteiger partial charge on any atom is 0.182 e. The van der Waals surface area contributed by atoms with Gasteiger partial charge in [0.25, 0.3) is 0 Å². The summed E-state index contributed by atoms with van der Waals surface area (Å²) >= 11 is 3.72. The average molecular weight is 200 g/mol. The Balaban J connectivity index is 1.88. The molecule has 2 unspecified atom stereocenters. The van der Waals surface area contributed by atoms with Crippen molar-refractivity contribution in [2.75, 3.05) is 11.1 Å². The van der Waals surface area contributed by atoms with Gasteiger partial charge in [-0.3, -0.25) is 0 Å². The Hall–Kier alpha value is -0.220. The molecule has 2 nitrogen and oxygen atoms in total. The highest BCUT2D eigenvalue weighted by atomic mass is 32.2. The van der Waals surface area contributed by atoms with Crippen LogP contribution in [0.1, 0.15) is 13.3 Å². The molecule has 1 fully saturated rings. The Morgan fingerprint density at radius 3 is 3.17 bits per heavy atom. The van der Waals surface area contributed by atoms with Crippen LogP contribution in [0, 0.1) is 0 Å². The summed E-state index contributed by atoms with van der Waals surface area (Å²) < 4.78 is 0. The lowest BCUT2D eigenvalue weighted by Crippen LogP contribution is -2.18. The Labute approximate surface area is 80.8 Å². The van der Waals surface area contributed by atoms with Gasteiger partial charge in [-0.25, -0.2) is 4.98 Å². The second-order valence-electron chi connectivity index (χ2n) is 3.06. The van der Waals surface area contributed by atoms with Gasteiger partial charge in [-0.2, -0.15) is 11.8 Å². The molecule has 2 heterocycles. The van der Waals surface area contributed by atoms with Crippen molar-refractivity contribution in [1.82, 2.24) is 4.98 Å². The van der Waals surface area contributed by atoms with Crippen LogP contribution in [0.3, 0.4) is 0 Å². The molecule has 2 atom stereocenters. The number of thiazole rings is 1. The van der Waals surface area contributed by atoms with Crippen molar-refractivity contribution in [2.24, 2.45) is 0 Å². The fourth-order valence-electron chi connectivity index (χ4n) is 1.39. The highest BCUT2D eigenvalue weighted by molar-refractivity contribution is 8.00. The first-order chi connectivity index (χ1) is 5.84. The van der Waals surface area contributed by atoms with Crippen molar-refractivity contribution in [2.45, 2.75) is 24.6 Å². The van der Waals surface area contributed by atoms with E-state index in [0.717, 1.165) is 10.4 Å². The molecular formula is C8H12N2S2. The molecule has 1 aromatic rings. The van der Waals surface area contributed by atoms with E-state index in [-0.39, 0.29) is 0 Å². The van der Waals surface area contributed by atoms with Gasteiger partial charge >= 0.3 is 0 Å². The van der Waals surface area contributed by atoms with Gasteiger partial charge in [-0.05, 0) is 6.42 Å².